The molecule has 0 saturated carbocycles. The molecule has 0 radical (unpaired) electrons. The zero-order valence-corrected chi connectivity index (χ0v) is 11.8. The molecule has 1 aromatic heterocycles. The molecule has 0 aliphatic carbocycles. The van der Waals surface area contributed by atoms with E-state index in [1.165, 1.54) is 6.92 Å². The Kier molecular flexibility index (Phi) is 3.91. The summed E-state index contributed by atoms with van der Waals surface area (Å²) in [6, 6.07) is 7.87. The monoisotopic (exact) mass is 308 g/mol. The summed E-state index contributed by atoms with van der Waals surface area (Å²) >= 11 is 3.47. The number of halogens is 1. The van der Waals surface area contributed by atoms with Crippen molar-refractivity contribution in [2.75, 3.05) is 0 Å². The Bertz CT molecular complexity index is 566. The van der Waals surface area contributed by atoms with Gasteiger partial charge in [0, 0.05) is 10.9 Å². The third kappa shape index (κ3) is 2.85. The molecule has 0 spiro atoms. The SMILES string of the molecule is CC(=O)C(C)c1nc(Cc2ccccc2Br)no1. The maximum Gasteiger partial charge on any atom is 0.236 e. The maximum atomic E-state index is 11.2. The van der Waals surface area contributed by atoms with Crippen LogP contribution < -0.4 is 0 Å². The Labute approximate surface area is 114 Å². The molecule has 1 atom stereocenters. The van der Waals surface area contributed by atoms with Gasteiger partial charge < -0.3 is 4.52 Å². The third-order valence-corrected chi connectivity index (χ3v) is 3.54. The molecule has 0 fully saturated rings. The number of aromatic nitrogens is 2. The third-order valence-electron chi connectivity index (χ3n) is 2.77. The first-order chi connectivity index (χ1) is 8.58. The van der Waals surface area contributed by atoms with Crippen LogP contribution in [-0.4, -0.2) is 15.9 Å². The minimum Gasteiger partial charge on any atom is -0.339 e. The Hall–Kier alpha value is -1.49. The Morgan fingerprint density at radius 2 is 2.17 bits per heavy atom. The Morgan fingerprint density at radius 1 is 1.44 bits per heavy atom. The largest absolute Gasteiger partial charge is 0.339 e. The highest BCUT2D eigenvalue weighted by Gasteiger charge is 2.18. The summed E-state index contributed by atoms with van der Waals surface area (Å²) in [6.07, 6.45) is 0.579. The van der Waals surface area contributed by atoms with Crippen LogP contribution in [0.25, 0.3) is 0 Å². The second kappa shape index (κ2) is 5.44. The fraction of sp³-hybridized carbons (Fsp3) is 0.308. The molecule has 5 heteroatoms. The lowest BCUT2D eigenvalue weighted by molar-refractivity contribution is -0.118. The molecule has 0 bridgehead atoms. The number of carbonyl (C=O) groups excluding carboxylic acids is 1. The van der Waals surface area contributed by atoms with Gasteiger partial charge in [-0.05, 0) is 25.5 Å². The number of rotatable bonds is 4. The van der Waals surface area contributed by atoms with Crippen molar-refractivity contribution in [1.82, 2.24) is 10.1 Å². The summed E-state index contributed by atoms with van der Waals surface area (Å²) in [4.78, 5) is 15.5. The van der Waals surface area contributed by atoms with E-state index in [4.69, 9.17) is 4.52 Å². The van der Waals surface area contributed by atoms with Crippen molar-refractivity contribution >= 4 is 21.7 Å². The number of Topliss-reactive ketones (excluding diaryl/α,β-unsaturated/α-hetero) is 1. The number of carbonyl (C=O) groups is 1. The lowest BCUT2D eigenvalue weighted by Crippen LogP contribution is -2.04. The van der Waals surface area contributed by atoms with Gasteiger partial charge in [-0.25, -0.2) is 0 Å². The second-order valence-corrected chi connectivity index (χ2v) is 5.00. The normalized spacial score (nSPS) is 12.4. The van der Waals surface area contributed by atoms with Crippen molar-refractivity contribution in [2.24, 2.45) is 0 Å². The summed E-state index contributed by atoms with van der Waals surface area (Å²) < 4.78 is 6.11. The topological polar surface area (TPSA) is 56.0 Å². The molecule has 0 aliphatic heterocycles. The van der Waals surface area contributed by atoms with Gasteiger partial charge in [-0.1, -0.05) is 39.3 Å². The number of nitrogens with zero attached hydrogens (tertiary/aromatic N) is 2. The van der Waals surface area contributed by atoms with Gasteiger partial charge in [-0.15, -0.1) is 0 Å². The van der Waals surface area contributed by atoms with Crippen LogP contribution in [0, 0.1) is 0 Å². The first-order valence-electron chi connectivity index (χ1n) is 5.64. The molecule has 1 heterocycles. The van der Waals surface area contributed by atoms with Gasteiger partial charge in [0.05, 0.1) is 5.92 Å². The maximum absolute atomic E-state index is 11.2. The van der Waals surface area contributed by atoms with Gasteiger partial charge in [0.25, 0.3) is 0 Å². The van der Waals surface area contributed by atoms with E-state index in [0.29, 0.717) is 18.1 Å². The molecule has 2 rings (SSSR count). The Morgan fingerprint density at radius 3 is 2.83 bits per heavy atom. The van der Waals surface area contributed by atoms with E-state index in [9.17, 15) is 4.79 Å². The number of ketones is 1. The van der Waals surface area contributed by atoms with Crippen LogP contribution in [0.2, 0.25) is 0 Å². The molecule has 1 aromatic carbocycles. The van der Waals surface area contributed by atoms with Crippen LogP contribution in [0.1, 0.15) is 37.0 Å². The number of hydrogen-bond acceptors (Lipinski definition) is 4. The van der Waals surface area contributed by atoms with Crippen LogP contribution in [0.5, 0.6) is 0 Å². The molecule has 0 N–H and O–H groups in total. The summed E-state index contributed by atoms with van der Waals surface area (Å²) in [5.41, 5.74) is 1.08. The van der Waals surface area contributed by atoms with Gasteiger partial charge in [-0.2, -0.15) is 4.98 Å². The average molecular weight is 309 g/mol. The predicted octanol–water partition coefficient (Wildman–Crippen LogP) is 3.12. The summed E-state index contributed by atoms with van der Waals surface area (Å²) in [6.45, 7) is 3.28. The van der Waals surface area contributed by atoms with Gasteiger partial charge in [0.2, 0.25) is 5.89 Å². The van der Waals surface area contributed by atoms with Gasteiger partial charge in [-0.3, -0.25) is 4.79 Å². The lowest BCUT2D eigenvalue weighted by Gasteiger charge is -2.00. The van der Waals surface area contributed by atoms with Crippen molar-refractivity contribution in [3.63, 3.8) is 0 Å². The fourth-order valence-electron chi connectivity index (χ4n) is 1.50. The van der Waals surface area contributed by atoms with Crippen LogP contribution in [0.15, 0.2) is 33.3 Å². The van der Waals surface area contributed by atoms with Crippen LogP contribution in [0.3, 0.4) is 0 Å². The highest BCUT2D eigenvalue weighted by molar-refractivity contribution is 9.10. The zero-order chi connectivity index (χ0) is 13.1. The average Bonchev–Trinajstić information content (AvgIpc) is 2.79. The second-order valence-electron chi connectivity index (χ2n) is 4.15. The zero-order valence-electron chi connectivity index (χ0n) is 10.2. The molecule has 18 heavy (non-hydrogen) atoms. The minimum atomic E-state index is -0.342. The molecule has 0 amide bonds. The molecule has 4 nitrogen and oxygen atoms in total. The van der Waals surface area contributed by atoms with Crippen LogP contribution >= 0.6 is 15.9 Å². The summed E-state index contributed by atoms with van der Waals surface area (Å²) in [5, 5.41) is 3.90. The number of benzene rings is 1. The quantitative estimate of drug-likeness (QED) is 0.871. The van der Waals surface area contributed by atoms with Crippen molar-refractivity contribution in [3.05, 3.63) is 46.0 Å². The smallest absolute Gasteiger partial charge is 0.236 e. The van der Waals surface area contributed by atoms with E-state index in [1.807, 2.05) is 24.3 Å². The lowest BCUT2D eigenvalue weighted by atomic mass is 10.1. The van der Waals surface area contributed by atoms with Crippen molar-refractivity contribution in [3.8, 4) is 0 Å². The van der Waals surface area contributed by atoms with Gasteiger partial charge in [0.15, 0.2) is 5.82 Å². The van der Waals surface area contributed by atoms with Crippen LogP contribution in [-0.2, 0) is 11.2 Å². The predicted molar refractivity (Wildman–Crippen MR) is 70.3 cm³/mol. The molecular weight excluding hydrogens is 296 g/mol. The molecular formula is C13H13BrN2O2. The van der Waals surface area contributed by atoms with Crippen LogP contribution in [0.4, 0.5) is 0 Å². The first-order valence-corrected chi connectivity index (χ1v) is 6.43. The standard InChI is InChI=1S/C13H13BrN2O2/c1-8(9(2)17)13-15-12(16-18-13)7-10-5-3-4-6-11(10)14/h3-6,8H,7H2,1-2H3. The highest BCUT2D eigenvalue weighted by atomic mass is 79.9. The Balaban J connectivity index is 2.17. The molecule has 94 valence electrons. The van der Waals surface area contributed by atoms with E-state index in [2.05, 4.69) is 26.1 Å². The molecule has 1 unspecified atom stereocenters. The van der Waals surface area contributed by atoms with E-state index < -0.39 is 0 Å². The van der Waals surface area contributed by atoms with Crippen molar-refractivity contribution in [1.29, 1.82) is 0 Å². The summed E-state index contributed by atoms with van der Waals surface area (Å²) in [7, 11) is 0. The van der Waals surface area contributed by atoms with Gasteiger partial charge >= 0.3 is 0 Å². The highest BCUT2D eigenvalue weighted by Crippen LogP contribution is 2.20. The number of hydrogen-bond donors (Lipinski definition) is 0. The summed E-state index contributed by atoms with van der Waals surface area (Å²) in [5.74, 6) is 0.645. The van der Waals surface area contributed by atoms with Crippen molar-refractivity contribution in [2.45, 2.75) is 26.2 Å². The molecule has 0 saturated heterocycles. The van der Waals surface area contributed by atoms with E-state index in [1.54, 1.807) is 6.92 Å². The molecule has 0 aliphatic rings. The van der Waals surface area contributed by atoms with E-state index in [0.717, 1.165) is 10.0 Å². The van der Waals surface area contributed by atoms with E-state index >= 15 is 0 Å². The minimum absolute atomic E-state index is 0.0195. The first kappa shape index (κ1) is 13.0. The van der Waals surface area contributed by atoms with E-state index in [-0.39, 0.29) is 11.7 Å². The van der Waals surface area contributed by atoms with Crippen molar-refractivity contribution < 1.29 is 9.32 Å². The fourth-order valence-corrected chi connectivity index (χ4v) is 1.93. The van der Waals surface area contributed by atoms with Gasteiger partial charge in [0.1, 0.15) is 5.78 Å². The molecule has 2 aromatic rings.